The van der Waals surface area contributed by atoms with Gasteiger partial charge in [-0.3, -0.25) is 38.4 Å². The largest absolute Gasteiger partial charge is 0.481 e. The van der Waals surface area contributed by atoms with Crippen molar-refractivity contribution in [3.05, 3.63) is 119 Å². The smallest absolute Gasteiger partial charge is 0.321 e. The first kappa shape index (κ1) is 85.2. The number of carbonyl (C=O) groups is 8. The van der Waals surface area contributed by atoms with Crippen molar-refractivity contribution in [2.75, 3.05) is 26.3 Å². The van der Waals surface area contributed by atoms with Gasteiger partial charge in [0.2, 0.25) is 11.8 Å². The van der Waals surface area contributed by atoms with Gasteiger partial charge in [0.1, 0.15) is 37.9 Å². The van der Waals surface area contributed by atoms with Crippen molar-refractivity contribution >= 4 is 47.6 Å². The number of carboxylic acid groups (broad SMARTS) is 3. The van der Waals surface area contributed by atoms with E-state index in [2.05, 4.69) is 74.7 Å². The number of hydrogen-bond donors (Lipinski definition) is 7. The van der Waals surface area contributed by atoms with Gasteiger partial charge in [0.25, 0.3) is 0 Å². The van der Waals surface area contributed by atoms with Gasteiger partial charge >= 0.3 is 35.8 Å². The molecule has 4 aromatic carbocycles. The molecular formula is C84H122N2O16. The van der Waals surface area contributed by atoms with E-state index >= 15 is 0 Å². The summed E-state index contributed by atoms with van der Waals surface area (Å²) in [6.45, 7) is 15.4. The van der Waals surface area contributed by atoms with Crippen LogP contribution in [0.5, 0.6) is 0 Å². The summed E-state index contributed by atoms with van der Waals surface area (Å²) >= 11 is 0. The molecule has 102 heavy (non-hydrogen) atoms. The van der Waals surface area contributed by atoms with Crippen LogP contribution >= 0.6 is 0 Å². The normalized spacial score (nSPS) is 14.1. The lowest BCUT2D eigenvalue weighted by Crippen LogP contribution is -2.51. The van der Waals surface area contributed by atoms with Gasteiger partial charge in [0.15, 0.2) is 5.41 Å². The fraction of sp³-hybridized carbons (Fsp3) is 0.619. The minimum absolute atomic E-state index is 0.00222. The number of hydrogen-bond acceptors (Lipinski definition) is 13. The van der Waals surface area contributed by atoms with Crippen LogP contribution in [0.2, 0.25) is 0 Å². The molecule has 7 N–H and O–H groups in total. The van der Waals surface area contributed by atoms with E-state index in [-0.39, 0.29) is 75.7 Å². The first-order valence-corrected chi connectivity index (χ1v) is 38.3. The predicted octanol–water partition coefficient (Wildman–Crippen LogP) is 16.9. The number of nitrogens with one attached hydrogen (secondary N) is 2. The molecule has 2 amide bonds. The van der Waals surface area contributed by atoms with Crippen LogP contribution in [0.3, 0.4) is 0 Å². The summed E-state index contributed by atoms with van der Waals surface area (Å²) in [4.78, 5) is 101. The van der Waals surface area contributed by atoms with Crippen molar-refractivity contribution in [1.82, 2.24) is 10.6 Å². The lowest BCUT2D eigenvalue weighted by atomic mass is 9.65. The number of ether oxygens (including phenoxy) is 3. The maximum Gasteiger partial charge on any atom is 0.321 e. The van der Waals surface area contributed by atoms with Crippen LogP contribution in [0.4, 0.5) is 0 Å². The number of aliphatic hydroxyl groups excluding tert-OH is 2. The van der Waals surface area contributed by atoms with E-state index in [0.717, 1.165) is 173 Å². The van der Waals surface area contributed by atoms with Crippen molar-refractivity contribution in [2.45, 2.75) is 278 Å². The third kappa shape index (κ3) is 26.7. The van der Waals surface area contributed by atoms with Crippen molar-refractivity contribution < 1.29 is 78.1 Å². The quantitative estimate of drug-likeness (QED) is 0.00936. The Morgan fingerprint density at radius 1 is 0.431 bits per heavy atom. The molecule has 0 aromatic heterocycles. The Labute approximate surface area is 607 Å². The van der Waals surface area contributed by atoms with Crippen LogP contribution in [0.25, 0.3) is 22.3 Å². The molecular weight excluding hydrogens is 1290 g/mol. The van der Waals surface area contributed by atoms with Crippen molar-refractivity contribution in [1.29, 1.82) is 0 Å². The first-order chi connectivity index (χ1) is 48.9. The Morgan fingerprint density at radius 2 is 0.765 bits per heavy atom. The van der Waals surface area contributed by atoms with Gasteiger partial charge in [-0.1, -0.05) is 294 Å². The maximum atomic E-state index is 13.2. The summed E-state index contributed by atoms with van der Waals surface area (Å²) in [5.74, 6) is -7.62. The van der Waals surface area contributed by atoms with E-state index in [4.69, 9.17) is 14.2 Å². The van der Waals surface area contributed by atoms with E-state index < -0.39 is 95.0 Å². The number of aliphatic hydroxyl groups is 2. The lowest BCUT2D eigenvalue weighted by molar-refractivity contribution is -0.172. The van der Waals surface area contributed by atoms with Gasteiger partial charge < -0.3 is 50.4 Å². The fourth-order valence-electron chi connectivity index (χ4n) is 14.9. The Morgan fingerprint density at radius 3 is 1.13 bits per heavy atom. The summed E-state index contributed by atoms with van der Waals surface area (Å²) in [5.41, 5.74) is 4.37. The zero-order valence-corrected chi connectivity index (χ0v) is 62.5. The van der Waals surface area contributed by atoms with Gasteiger partial charge in [0, 0.05) is 35.8 Å². The lowest BCUT2D eigenvalue weighted by Gasteiger charge is -2.38. The molecule has 0 spiro atoms. The second-order valence-corrected chi connectivity index (χ2v) is 30.0. The van der Waals surface area contributed by atoms with E-state index in [9.17, 15) is 63.9 Å². The van der Waals surface area contributed by atoms with Crippen molar-refractivity contribution in [3.8, 4) is 22.3 Å². The monoisotopic (exact) mass is 1410 g/mol. The van der Waals surface area contributed by atoms with Crippen molar-refractivity contribution in [2.24, 2.45) is 28.1 Å². The average molecular weight is 1420 g/mol. The van der Waals surface area contributed by atoms with Crippen LogP contribution in [-0.4, -0.2) is 118 Å². The summed E-state index contributed by atoms with van der Waals surface area (Å²) in [6.07, 6.45) is 19.7. The highest BCUT2D eigenvalue weighted by molar-refractivity contribution is 5.98. The van der Waals surface area contributed by atoms with Gasteiger partial charge in [0.05, 0.1) is 12.8 Å². The number of aliphatic carboxylic acids is 3. The molecule has 0 fully saturated rings. The summed E-state index contributed by atoms with van der Waals surface area (Å²) in [5, 5.41) is 57.7. The second kappa shape index (κ2) is 44.3. The van der Waals surface area contributed by atoms with Crippen LogP contribution in [-0.2, 0) is 52.6 Å². The Hall–Kier alpha value is -7.44. The number of rotatable bonds is 50. The predicted molar refractivity (Wildman–Crippen MR) is 398 cm³/mol. The van der Waals surface area contributed by atoms with Gasteiger partial charge in [-0.15, -0.1) is 0 Å². The minimum Gasteiger partial charge on any atom is -0.481 e. The molecule has 0 saturated carbocycles. The molecule has 5 atom stereocenters. The van der Waals surface area contributed by atoms with Crippen LogP contribution in [0.1, 0.15) is 282 Å². The van der Waals surface area contributed by atoms with E-state index in [0.29, 0.717) is 0 Å². The fourth-order valence-corrected chi connectivity index (χ4v) is 14.9. The number of esters is 3. The van der Waals surface area contributed by atoms with E-state index in [1.165, 1.54) is 39.5 Å². The zero-order valence-electron chi connectivity index (χ0n) is 62.5. The number of benzene rings is 4. The van der Waals surface area contributed by atoms with Crippen molar-refractivity contribution in [3.63, 3.8) is 0 Å². The highest BCUT2D eigenvalue weighted by atomic mass is 16.5. The summed E-state index contributed by atoms with van der Waals surface area (Å²) in [7, 11) is 0. The molecule has 2 aliphatic rings. The third-order valence-corrected chi connectivity index (χ3v) is 20.8. The Kier molecular flexibility index (Phi) is 37.0. The molecule has 4 aromatic rings. The first-order valence-electron chi connectivity index (χ1n) is 38.3. The maximum absolute atomic E-state index is 13.2. The molecule has 6 rings (SSSR count). The van der Waals surface area contributed by atoms with Gasteiger partial charge in [-0.25, -0.2) is 0 Å². The summed E-state index contributed by atoms with van der Waals surface area (Å²) in [6, 6.07) is 32.3. The van der Waals surface area contributed by atoms with Crippen LogP contribution < -0.4 is 10.6 Å². The minimum atomic E-state index is -2.16. The molecule has 18 heteroatoms. The topological polar surface area (TPSA) is 289 Å². The molecule has 0 radical (unpaired) electrons. The molecule has 0 heterocycles. The molecule has 0 aliphatic heterocycles. The number of fused-ring (bicyclic) bond motifs is 6. The van der Waals surface area contributed by atoms with Crippen LogP contribution in [0.15, 0.2) is 97.1 Å². The molecule has 564 valence electrons. The SMILES string of the molecule is CCCCCCCCC(CCCCCC)C(CC(C)(C)C(O)C(=O)NCCC(=O)OCC1c2ccccc2-c2ccccc21)OC(=O)CC(=O)O.CCCCCCCCC(CCCCCC)CC(CC(C)(C)C(O)C(=O)NCCC(=O)OCC1c2ccccc2-c2ccccc21)(C(=O)O)C(=O)O. The molecule has 0 bridgehead atoms. The molecule has 2 aliphatic carbocycles. The molecule has 18 nitrogen and oxygen atoms in total. The molecule has 0 saturated heterocycles. The number of carbonyl (C=O) groups excluding carboxylic acids is 5. The Balaban J connectivity index is 0.000000367. The van der Waals surface area contributed by atoms with Gasteiger partial charge in [-0.2, -0.15) is 0 Å². The van der Waals surface area contributed by atoms with Gasteiger partial charge in [-0.05, 0) is 88.4 Å². The highest BCUT2D eigenvalue weighted by Gasteiger charge is 2.53. The summed E-state index contributed by atoms with van der Waals surface area (Å²) < 4.78 is 17.1. The van der Waals surface area contributed by atoms with E-state index in [1.807, 2.05) is 60.7 Å². The second-order valence-electron chi connectivity index (χ2n) is 30.0. The average Bonchev–Trinajstić information content (AvgIpc) is 1.68. The third-order valence-electron chi connectivity index (χ3n) is 20.8. The Bertz CT molecular complexity index is 3160. The van der Waals surface area contributed by atoms with E-state index in [1.54, 1.807) is 13.8 Å². The zero-order chi connectivity index (χ0) is 74.7. The van der Waals surface area contributed by atoms with Crippen LogP contribution in [0, 0.1) is 28.1 Å². The number of unbranched alkanes of at least 4 members (excludes halogenated alkanes) is 16. The molecule has 5 unspecified atom stereocenters. The number of amides is 2. The standard InChI is InChI=1S/2C42H61NO8/c1-5-7-9-11-12-14-20-30(19-13-10-8-6-2)36(51-39(47)27-37(44)45)28-42(3,4)40(48)41(49)43-26-25-38(46)50-29-35-33-23-17-15-21-31(33)32-22-16-18-24-34(32)35;1-5-7-9-11-12-14-20-30(19-13-10-8-6-2)27-42(39(47)48,40(49)50)29-41(3,4)37(45)38(46)43-26-25-36(44)51-28-35-33-23-17-15-21-31(33)32-22-16-18-24-34(32)35/h15-18,21-24,30,35-36,40,48H,5-14,19-20,25-29H2,1-4H3,(H,43,49)(H,44,45);15-18,21-24,30,35,37,45H,5-14,19-20,25-29H2,1-4H3,(H,43,46)(H,47,48)(H,49,50). The highest BCUT2D eigenvalue weighted by Crippen LogP contribution is 2.47. The number of carboxylic acids is 3.